The van der Waals surface area contributed by atoms with Crippen LogP contribution in [0.1, 0.15) is 25.3 Å². The summed E-state index contributed by atoms with van der Waals surface area (Å²) >= 11 is 4.01. The highest BCUT2D eigenvalue weighted by Crippen LogP contribution is 2.63. The lowest BCUT2D eigenvalue weighted by molar-refractivity contribution is -0.119. The minimum Gasteiger partial charge on any atom is -0.303 e. The monoisotopic (exact) mass is 411 g/mol. The molecule has 0 radical (unpaired) electrons. The van der Waals surface area contributed by atoms with E-state index in [1.165, 1.54) is 0 Å². The van der Waals surface area contributed by atoms with Gasteiger partial charge in [0, 0.05) is 30.0 Å². The maximum absolute atomic E-state index is 13.2. The number of thioether (sulfide) groups is 2. The molecule has 3 aliphatic rings. The molecule has 142 valence electrons. The normalized spacial score (nSPS) is 34.1. The minimum atomic E-state index is -3.48. The van der Waals surface area contributed by atoms with Crippen LogP contribution in [-0.4, -0.2) is 47.7 Å². The molecule has 1 saturated carbocycles. The predicted molar refractivity (Wildman–Crippen MR) is 108 cm³/mol. The summed E-state index contributed by atoms with van der Waals surface area (Å²) in [5.41, 5.74) is 0.739. The molecule has 1 aliphatic carbocycles. The molecule has 4 nitrogen and oxygen atoms in total. The van der Waals surface area contributed by atoms with Crippen LogP contribution >= 0.6 is 23.5 Å². The van der Waals surface area contributed by atoms with Crippen molar-refractivity contribution < 1.29 is 13.2 Å². The lowest BCUT2D eigenvalue weighted by Crippen LogP contribution is -2.60. The first-order chi connectivity index (χ1) is 12.3. The molecule has 1 spiro atoms. The van der Waals surface area contributed by atoms with E-state index in [-0.39, 0.29) is 21.3 Å². The molecule has 2 unspecified atom stereocenters. The highest BCUT2D eigenvalue weighted by Gasteiger charge is 2.60. The van der Waals surface area contributed by atoms with Gasteiger partial charge >= 0.3 is 0 Å². The molecule has 2 heterocycles. The highest BCUT2D eigenvalue weighted by atomic mass is 32.2. The molecule has 2 saturated heterocycles. The molecule has 0 N–H and O–H groups in total. The topological polar surface area (TPSA) is 54.5 Å². The SMILES string of the molecule is Cc1ccc(S(=O)(=O)N2CC3CC(C)(C=O)CC(C2)C32SCCS2)cc1. The van der Waals surface area contributed by atoms with Crippen molar-refractivity contribution in [3.8, 4) is 0 Å². The maximum Gasteiger partial charge on any atom is 0.243 e. The van der Waals surface area contributed by atoms with Crippen molar-refractivity contribution >= 4 is 39.8 Å². The van der Waals surface area contributed by atoms with Crippen molar-refractivity contribution in [3.05, 3.63) is 29.8 Å². The summed E-state index contributed by atoms with van der Waals surface area (Å²) in [6.07, 6.45) is 2.67. The van der Waals surface area contributed by atoms with Crippen molar-refractivity contribution in [2.24, 2.45) is 17.3 Å². The number of carbonyl (C=O) groups excluding carboxylic acids is 1. The first kappa shape index (κ1) is 18.8. The Morgan fingerprint density at radius 1 is 1.08 bits per heavy atom. The molecule has 2 atom stereocenters. The van der Waals surface area contributed by atoms with E-state index in [1.807, 2.05) is 49.5 Å². The molecule has 2 bridgehead atoms. The Kier molecular flexibility index (Phi) is 4.74. The highest BCUT2D eigenvalue weighted by molar-refractivity contribution is 8.21. The standard InChI is InChI=1S/C19H25NO3S3/c1-14-3-5-17(6-4-14)26(22,23)20-11-15-9-18(2,13-21)10-16(12-20)19(15)24-7-8-25-19/h3-6,13,15-16H,7-12H2,1-2H3. The van der Waals surface area contributed by atoms with Gasteiger partial charge in [-0.2, -0.15) is 4.31 Å². The smallest absolute Gasteiger partial charge is 0.243 e. The molecular weight excluding hydrogens is 386 g/mol. The number of hydrogen-bond donors (Lipinski definition) is 0. The van der Waals surface area contributed by atoms with Gasteiger partial charge in [-0.3, -0.25) is 0 Å². The number of piperidine rings is 1. The average molecular weight is 412 g/mol. The summed E-state index contributed by atoms with van der Waals surface area (Å²) in [7, 11) is -3.48. The van der Waals surface area contributed by atoms with Crippen LogP contribution in [0.5, 0.6) is 0 Å². The number of aldehydes is 1. The Hall–Kier alpha value is -0.500. The van der Waals surface area contributed by atoms with Gasteiger partial charge in [0.05, 0.1) is 8.97 Å². The molecule has 2 aliphatic heterocycles. The van der Waals surface area contributed by atoms with Crippen LogP contribution in [-0.2, 0) is 14.8 Å². The third kappa shape index (κ3) is 2.95. The number of rotatable bonds is 3. The third-order valence-electron chi connectivity index (χ3n) is 6.09. The van der Waals surface area contributed by atoms with Crippen LogP contribution in [0.3, 0.4) is 0 Å². The lowest BCUT2D eigenvalue weighted by Gasteiger charge is -2.56. The molecule has 1 aromatic carbocycles. The molecule has 1 aromatic rings. The van der Waals surface area contributed by atoms with Crippen molar-refractivity contribution in [3.63, 3.8) is 0 Å². The molecule has 0 amide bonds. The number of benzene rings is 1. The van der Waals surface area contributed by atoms with Crippen molar-refractivity contribution in [1.29, 1.82) is 0 Å². The summed E-state index contributed by atoms with van der Waals surface area (Å²) in [6, 6.07) is 7.12. The minimum absolute atomic E-state index is 0.0990. The van der Waals surface area contributed by atoms with Crippen LogP contribution in [0.2, 0.25) is 0 Å². The van der Waals surface area contributed by atoms with Gasteiger partial charge in [-0.15, -0.1) is 23.5 Å². The van der Waals surface area contributed by atoms with Crippen LogP contribution in [0, 0.1) is 24.2 Å². The van der Waals surface area contributed by atoms with E-state index >= 15 is 0 Å². The van der Waals surface area contributed by atoms with E-state index in [0.717, 1.165) is 36.2 Å². The van der Waals surface area contributed by atoms with Crippen LogP contribution in [0.25, 0.3) is 0 Å². The molecule has 3 fully saturated rings. The Bertz CT molecular complexity index is 782. The Labute approximate surface area is 164 Å². The summed E-state index contributed by atoms with van der Waals surface area (Å²) in [5, 5.41) is 0. The maximum atomic E-state index is 13.2. The fraction of sp³-hybridized carbons (Fsp3) is 0.632. The summed E-state index contributed by atoms with van der Waals surface area (Å²) in [4.78, 5) is 12.1. The van der Waals surface area contributed by atoms with Gasteiger partial charge in [0.25, 0.3) is 0 Å². The van der Waals surface area contributed by atoms with E-state index in [1.54, 1.807) is 16.4 Å². The molecule has 0 aromatic heterocycles. The summed E-state index contributed by atoms with van der Waals surface area (Å²) in [5.74, 6) is 2.70. The van der Waals surface area contributed by atoms with E-state index in [2.05, 4.69) is 0 Å². The number of nitrogens with zero attached hydrogens (tertiary/aromatic N) is 1. The molecular formula is C19H25NO3S3. The van der Waals surface area contributed by atoms with Gasteiger partial charge in [0.2, 0.25) is 10.0 Å². The zero-order chi connectivity index (χ0) is 18.6. The van der Waals surface area contributed by atoms with Crippen molar-refractivity contribution in [2.45, 2.75) is 35.7 Å². The second-order valence-electron chi connectivity index (χ2n) is 8.13. The number of hydrogen-bond acceptors (Lipinski definition) is 5. The Morgan fingerprint density at radius 2 is 1.62 bits per heavy atom. The number of aryl methyl sites for hydroxylation is 1. The van der Waals surface area contributed by atoms with Crippen molar-refractivity contribution in [1.82, 2.24) is 4.31 Å². The van der Waals surface area contributed by atoms with Gasteiger partial charge in [0.1, 0.15) is 6.29 Å². The van der Waals surface area contributed by atoms with E-state index in [0.29, 0.717) is 18.0 Å². The average Bonchev–Trinajstić information content (AvgIpc) is 3.07. The zero-order valence-electron chi connectivity index (χ0n) is 15.2. The van der Waals surface area contributed by atoms with Gasteiger partial charge in [0.15, 0.2) is 0 Å². The van der Waals surface area contributed by atoms with Gasteiger partial charge in [-0.05, 0) is 43.7 Å². The second kappa shape index (κ2) is 6.54. The Morgan fingerprint density at radius 3 is 2.12 bits per heavy atom. The fourth-order valence-corrected chi connectivity index (χ4v) is 10.1. The molecule has 26 heavy (non-hydrogen) atoms. The van der Waals surface area contributed by atoms with Crippen molar-refractivity contribution in [2.75, 3.05) is 24.6 Å². The van der Waals surface area contributed by atoms with E-state index < -0.39 is 10.0 Å². The molecule has 4 rings (SSSR count). The Balaban J connectivity index is 1.66. The van der Waals surface area contributed by atoms with Gasteiger partial charge in [-0.1, -0.05) is 24.6 Å². The first-order valence-electron chi connectivity index (χ1n) is 9.10. The number of carbonyl (C=O) groups is 1. The van der Waals surface area contributed by atoms with Gasteiger partial charge < -0.3 is 4.79 Å². The van der Waals surface area contributed by atoms with Crippen LogP contribution < -0.4 is 0 Å². The second-order valence-corrected chi connectivity index (χ2v) is 13.1. The molecule has 7 heteroatoms. The predicted octanol–water partition coefficient (Wildman–Crippen LogP) is 3.41. The summed E-state index contributed by atoms with van der Waals surface area (Å²) < 4.78 is 28.2. The van der Waals surface area contributed by atoms with Crippen LogP contribution in [0.4, 0.5) is 0 Å². The zero-order valence-corrected chi connectivity index (χ0v) is 17.6. The first-order valence-corrected chi connectivity index (χ1v) is 12.5. The largest absolute Gasteiger partial charge is 0.303 e. The van der Waals surface area contributed by atoms with Crippen LogP contribution in [0.15, 0.2) is 29.2 Å². The number of sulfonamides is 1. The third-order valence-corrected chi connectivity index (χ3v) is 12.0. The van der Waals surface area contributed by atoms with Gasteiger partial charge in [-0.25, -0.2) is 8.42 Å². The van der Waals surface area contributed by atoms with E-state index in [4.69, 9.17) is 0 Å². The summed E-state index contributed by atoms with van der Waals surface area (Å²) in [6.45, 7) is 5.05. The lowest BCUT2D eigenvalue weighted by atomic mass is 9.65. The van der Waals surface area contributed by atoms with E-state index in [9.17, 15) is 13.2 Å². The quantitative estimate of drug-likeness (QED) is 0.714. The fourth-order valence-electron chi connectivity index (χ4n) is 4.84.